The normalized spacial score (nSPS) is 22.6. The number of aryl methyl sites for hydroxylation is 1. The molecule has 4 rings (SSSR count). The summed E-state index contributed by atoms with van der Waals surface area (Å²) in [6.45, 7) is 6.27. The number of hydrogen-bond acceptors (Lipinski definition) is 2. The Balaban J connectivity index is 1.66. The van der Waals surface area contributed by atoms with E-state index in [0.717, 1.165) is 49.0 Å². The molecule has 0 aromatic heterocycles. The third kappa shape index (κ3) is 3.36. The van der Waals surface area contributed by atoms with Crippen LogP contribution in [0.2, 0.25) is 0 Å². The Labute approximate surface area is 162 Å². The van der Waals surface area contributed by atoms with Crippen LogP contribution in [-0.2, 0) is 10.2 Å². The second kappa shape index (κ2) is 6.70. The molecule has 27 heavy (non-hydrogen) atoms. The van der Waals surface area contributed by atoms with Crippen LogP contribution in [0.25, 0.3) is 0 Å². The predicted molar refractivity (Wildman–Crippen MR) is 108 cm³/mol. The Morgan fingerprint density at radius 2 is 1.78 bits per heavy atom. The number of ether oxygens (including phenoxy) is 1. The van der Waals surface area contributed by atoms with Gasteiger partial charge >= 0.3 is 0 Å². The Morgan fingerprint density at radius 1 is 1.07 bits per heavy atom. The summed E-state index contributed by atoms with van der Waals surface area (Å²) in [6.07, 6.45) is 4.85. The van der Waals surface area contributed by atoms with Crippen LogP contribution in [0.4, 0.5) is 0 Å². The van der Waals surface area contributed by atoms with Gasteiger partial charge in [0.1, 0.15) is 11.4 Å². The number of nitrogens with one attached hydrogen (secondary N) is 1. The molecule has 1 heterocycles. The molecular weight excluding hydrogens is 334 g/mol. The maximum atomic E-state index is 13.6. The van der Waals surface area contributed by atoms with Gasteiger partial charge in [0.15, 0.2) is 0 Å². The van der Waals surface area contributed by atoms with Crippen LogP contribution in [0.3, 0.4) is 0 Å². The largest absolute Gasteiger partial charge is 0.487 e. The third-order valence-corrected chi connectivity index (χ3v) is 6.15. The zero-order valence-corrected chi connectivity index (χ0v) is 16.5. The average Bonchev–Trinajstić information content (AvgIpc) is 3.12. The molecule has 1 fully saturated rings. The number of benzene rings is 2. The molecule has 3 nitrogen and oxygen atoms in total. The fraction of sp³-hybridized carbons (Fsp3) is 0.458. The van der Waals surface area contributed by atoms with Crippen molar-refractivity contribution in [3.05, 3.63) is 65.2 Å². The molecule has 1 aliphatic heterocycles. The summed E-state index contributed by atoms with van der Waals surface area (Å²) in [4.78, 5) is 13.6. The predicted octanol–water partition coefficient (Wildman–Crippen LogP) is 5.23. The third-order valence-electron chi connectivity index (χ3n) is 6.15. The van der Waals surface area contributed by atoms with Crippen molar-refractivity contribution in [3.63, 3.8) is 0 Å². The molecule has 1 amide bonds. The molecule has 1 N–H and O–H groups in total. The van der Waals surface area contributed by atoms with Crippen molar-refractivity contribution >= 4 is 5.91 Å². The molecule has 2 aromatic rings. The van der Waals surface area contributed by atoms with Gasteiger partial charge in [-0.25, -0.2) is 0 Å². The Bertz CT molecular complexity index is 835. The standard InChI is InChI=1S/C24H29NO2/c1-17-11-12-19-20(16-23(2,3)27-21(19)15-17)25-22(26)24(13-7-8-14-24)18-9-5-4-6-10-18/h4-6,9-12,15,20H,7-8,13-14,16H2,1-3H3,(H,25,26)/t20-/m1/s1. The molecule has 1 saturated carbocycles. The quantitative estimate of drug-likeness (QED) is 0.811. The fourth-order valence-electron chi connectivity index (χ4n) is 4.77. The molecule has 0 bridgehead atoms. The van der Waals surface area contributed by atoms with E-state index in [0.29, 0.717) is 0 Å². The molecule has 2 aromatic carbocycles. The van der Waals surface area contributed by atoms with Gasteiger partial charge in [-0.05, 0) is 50.8 Å². The van der Waals surface area contributed by atoms with E-state index in [2.05, 4.69) is 56.4 Å². The smallest absolute Gasteiger partial charge is 0.231 e. The lowest BCUT2D eigenvalue weighted by Crippen LogP contribution is -2.47. The van der Waals surface area contributed by atoms with Crippen LogP contribution in [0.15, 0.2) is 48.5 Å². The Kier molecular flexibility index (Phi) is 4.49. The summed E-state index contributed by atoms with van der Waals surface area (Å²) in [7, 11) is 0. The number of carbonyl (C=O) groups is 1. The minimum atomic E-state index is -0.394. The van der Waals surface area contributed by atoms with Crippen molar-refractivity contribution in [1.29, 1.82) is 0 Å². The van der Waals surface area contributed by atoms with Gasteiger partial charge in [0, 0.05) is 12.0 Å². The van der Waals surface area contributed by atoms with E-state index in [9.17, 15) is 4.79 Å². The summed E-state index contributed by atoms with van der Waals surface area (Å²) < 4.78 is 6.20. The maximum absolute atomic E-state index is 13.6. The van der Waals surface area contributed by atoms with Gasteiger partial charge in [-0.3, -0.25) is 4.79 Å². The summed E-state index contributed by atoms with van der Waals surface area (Å²) in [5.74, 6) is 1.07. The molecule has 0 radical (unpaired) electrons. The topological polar surface area (TPSA) is 38.3 Å². The van der Waals surface area contributed by atoms with Crippen molar-refractivity contribution in [2.75, 3.05) is 0 Å². The van der Waals surface area contributed by atoms with Crippen molar-refractivity contribution in [2.45, 2.75) is 69.9 Å². The SMILES string of the molecule is Cc1ccc2c(c1)OC(C)(C)C[C@H]2NC(=O)C1(c2ccccc2)CCCC1. The van der Waals surface area contributed by atoms with E-state index in [1.807, 2.05) is 18.2 Å². The lowest BCUT2D eigenvalue weighted by Gasteiger charge is -2.39. The first kappa shape index (κ1) is 18.1. The molecular formula is C24H29NO2. The van der Waals surface area contributed by atoms with Crippen molar-refractivity contribution in [1.82, 2.24) is 5.32 Å². The highest BCUT2D eigenvalue weighted by molar-refractivity contribution is 5.89. The monoisotopic (exact) mass is 363 g/mol. The molecule has 0 saturated heterocycles. The highest BCUT2D eigenvalue weighted by atomic mass is 16.5. The molecule has 1 atom stereocenters. The number of fused-ring (bicyclic) bond motifs is 1. The summed E-state index contributed by atoms with van der Waals surface area (Å²) in [5.41, 5.74) is 2.72. The van der Waals surface area contributed by atoms with Gasteiger partial charge in [-0.15, -0.1) is 0 Å². The van der Waals surface area contributed by atoms with E-state index < -0.39 is 5.41 Å². The van der Waals surface area contributed by atoms with E-state index in [1.54, 1.807) is 0 Å². The summed E-state index contributed by atoms with van der Waals surface area (Å²) in [5, 5.41) is 3.41. The fourth-order valence-corrected chi connectivity index (χ4v) is 4.77. The Hall–Kier alpha value is -2.29. The van der Waals surface area contributed by atoms with E-state index in [4.69, 9.17) is 4.74 Å². The number of rotatable bonds is 3. The first-order valence-corrected chi connectivity index (χ1v) is 10.1. The zero-order chi connectivity index (χ0) is 19.1. The maximum Gasteiger partial charge on any atom is 0.231 e. The van der Waals surface area contributed by atoms with Gasteiger partial charge in [-0.1, -0.05) is 55.3 Å². The van der Waals surface area contributed by atoms with Gasteiger partial charge < -0.3 is 10.1 Å². The molecule has 3 heteroatoms. The van der Waals surface area contributed by atoms with Crippen molar-refractivity contribution in [2.24, 2.45) is 0 Å². The van der Waals surface area contributed by atoms with Crippen LogP contribution in [-0.4, -0.2) is 11.5 Å². The van der Waals surface area contributed by atoms with E-state index >= 15 is 0 Å². The average molecular weight is 364 g/mol. The van der Waals surface area contributed by atoms with Gasteiger partial charge in [0.05, 0.1) is 11.5 Å². The first-order chi connectivity index (χ1) is 12.9. The molecule has 2 aliphatic rings. The van der Waals surface area contributed by atoms with Gasteiger partial charge in [0.25, 0.3) is 0 Å². The van der Waals surface area contributed by atoms with Gasteiger partial charge in [-0.2, -0.15) is 0 Å². The highest BCUT2D eigenvalue weighted by Crippen LogP contribution is 2.44. The van der Waals surface area contributed by atoms with Crippen molar-refractivity contribution in [3.8, 4) is 5.75 Å². The molecule has 0 spiro atoms. The minimum Gasteiger partial charge on any atom is -0.487 e. The number of hydrogen-bond donors (Lipinski definition) is 1. The highest BCUT2D eigenvalue weighted by Gasteiger charge is 2.44. The Morgan fingerprint density at radius 3 is 2.48 bits per heavy atom. The summed E-state index contributed by atoms with van der Waals surface area (Å²) in [6, 6.07) is 16.6. The first-order valence-electron chi connectivity index (χ1n) is 10.1. The van der Waals surface area contributed by atoms with Gasteiger partial charge in [0.2, 0.25) is 5.91 Å². The van der Waals surface area contributed by atoms with Crippen LogP contribution >= 0.6 is 0 Å². The van der Waals surface area contributed by atoms with E-state index in [-0.39, 0.29) is 17.6 Å². The van der Waals surface area contributed by atoms with E-state index in [1.165, 1.54) is 5.56 Å². The lowest BCUT2D eigenvalue weighted by molar-refractivity contribution is -0.128. The molecule has 0 unspecified atom stereocenters. The van der Waals surface area contributed by atoms with Crippen LogP contribution < -0.4 is 10.1 Å². The lowest BCUT2D eigenvalue weighted by atomic mass is 9.77. The number of amides is 1. The molecule has 1 aliphatic carbocycles. The zero-order valence-electron chi connectivity index (χ0n) is 16.5. The minimum absolute atomic E-state index is 0.0157. The second-order valence-electron chi connectivity index (χ2n) is 8.79. The number of carbonyl (C=O) groups excluding carboxylic acids is 1. The van der Waals surface area contributed by atoms with Crippen LogP contribution in [0.5, 0.6) is 5.75 Å². The summed E-state index contributed by atoms with van der Waals surface area (Å²) >= 11 is 0. The van der Waals surface area contributed by atoms with Crippen LogP contribution in [0, 0.1) is 6.92 Å². The van der Waals surface area contributed by atoms with Crippen molar-refractivity contribution < 1.29 is 9.53 Å². The van der Waals surface area contributed by atoms with Crippen LogP contribution in [0.1, 0.15) is 68.7 Å². The second-order valence-corrected chi connectivity index (χ2v) is 8.79. The molecule has 142 valence electrons.